The summed E-state index contributed by atoms with van der Waals surface area (Å²) in [4.78, 5) is 16.0. The molecule has 0 unspecified atom stereocenters. The Balaban J connectivity index is 2.12. The first-order valence-corrected chi connectivity index (χ1v) is 7.64. The van der Waals surface area contributed by atoms with Gasteiger partial charge in [-0.25, -0.2) is 4.39 Å². The fraction of sp³-hybridized carbons (Fsp3) is 0.235. The zero-order valence-electron chi connectivity index (χ0n) is 12.8. The van der Waals surface area contributed by atoms with E-state index in [4.69, 9.17) is 0 Å². The first-order valence-electron chi connectivity index (χ1n) is 6.85. The quantitative estimate of drug-likeness (QED) is 0.820. The lowest BCUT2D eigenvalue weighted by atomic mass is 10.1. The highest BCUT2D eigenvalue weighted by atomic mass is 79.9. The Bertz CT molecular complexity index is 671. The molecule has 0 radical (unpaired) electrons. The molecular weight excluding hydrogens is 347 g/mol. The first kappa shape index (κ1) is 16.5. The Morgan fingerprint density at radius 3 is 2.32 bits per heavy atom. The number of nitrogens with zero attached hydrogens (tertiary/aromatic N) is 2. The van der Waals surface area contributed by atoms with Gasteiger partial charge in [0.25, 0.3) is 5.91 Å². The van der Waals surface area contributed by atoms with Crippen molar-refractivity contribution in [3.05, 3.63) is 63.9 Å². The summed E-state index contributed by atoms with van der Waals surface area (Å²) in [5, 5.41) is 0. The molecule has 0 heterocycles. The van der Waals surface area contributed by atoms with Gasteiger partial charge < -0.3 is 9.80 Å². The van der Waals surface area contributed by atoms with Gasteiger partial charge in [-0.15, -0.1) is 0 Å². The van der Waals surface area contributed by atoms with Gasteiger partial charge in [-0.1, -0.05) is 12.1 Å². The van der Waals surface area contributed by atoms with E-state index in [0.717, 1.165) is 11.3 Å². The van der Waals surface area contributed by atoms with Crippen molar-refractivity contribution in [3.63, 3.8) is 0 Å². The second kappa shape index (κ2) is 6.92. The average Bonchev–Trinajstić information content (AvgIpc) is 2.49. The SMILES string of the molecule is CN(Cc1ccc(N(C)C)cc1)C(=O)c1cc(F)ccc1Br. The lowest BCUT2D eigenvalue weighted by molar-refractivity contribution is 0.0783. The molecule has 2 aromatic rings. The Kier molecular flexibility index (Phi) is 5.19. The molecule has 0 saturated heterocycles. The molecule has 3 nitrogen and oxygen atoms in total. The molecule has 0 aromatic heterocycles. The highest BCUT2D eigenvalue weighted by molar-refractivity contribution is 9.10. The zero-order chi connectivity index (χ0) is 16.3. The standard InChI is InChI=1S/C17H18BrFN2O/c1-20(2)14-7-4-12(5-8-14)11-21(3)17(22)15-10-13(19)6-9-16(15)18/h4-10H,11H2,1-3H3. The average molecular weight is 365 g/mol. The van der Waals surface area contributed by atoms with E-state index in [2.05, 4.69) is 15.9 Å². The maximum absolute atomic E-state index is 13.3. The van der Waals surface area contributed by atoms with E-state index in [1.165, 1.54) is 12.1 Å². The summed E-state index contributed by atoms with van der Waals surface area (Å²) in [6.07, 6.45) is 0. The van der Waals surface area contributed by atoms with E-state index in [9.17, 15) is 9.18 Å². The number of rotatable bonds is 4. The number of hydrogen-bond donors (Lipinski definition) is 0. The van der Waals surface area contributed by atoms with Crippen LogP contribution in [0.3, 0.4) is 0 Å². The lowest BCUT2D eigenvalue weighted by Crippen LogP contribution is -2.26. The van der Waals surface area contributed by atoms with Gasteiger partial charge in [0.1, 0.15) is 5.82 Å². The van der Waals surface area contributed by atoms with Crippen LogP contribution >= 0.6 is 15.9 Å². The normalized spacial score (nSPS) is 10.4. The van der Waals surface area contributed by atoms with Gasteiger partial charge in [-0.05, 0) is 51.8 Å². The van der Waals surface area contributed by atoms with Crippen LogP contribution in [0, 0.1) is 5.82 Å². The van der Waals surface area contributed by atoms with Gasteiger partial charge in [0, 0.05) is 37.8 Å². The maximum atomic E-state index is 13.3. The van der Waals surface area contributed by atoms with E-state index < -0.39 is 5.82 Å². The number of amides is 1. The minimum absolute atomic E-state index is 0.219. The smallest absolute Gasteiger partial charge is 0.255 e. The van der Waals surface area contributed by atoms with Crippen LogP contribution in [0.5, 0.6) is 0 Å². The molecule has 0 spiro atoms. The summed E-state index contributed by atoms with van der Waals surface area (Å²) in [6, 6.07) is 12.1. The number of halogens is 2. The second-order valence-corrected chi connectivity index (χ2v) is 6.20. The molecule has 0 atom stereocenters. The summed E-state index contributed by atoms with van der Waals surface area (Å²) in [5.41, 5.74) is 2.45. The molecular formula is C17H18BrFN2O. The van der Waals surface area contributed by atoms with Crippen LogP contribution in [0.2, 0.25) is 0 Å². The van der Waals surface area contributed by atoms with Gasteiger partial charge >= 0.3 is 0 Å². The minimum atomic E-state index is -0.421. The number of hydrogen-bond acceptors (Lipinski definition) is 2. The molecule has 0 bridgehead atoms. The summed E-state index contributed by atoms with van der Waals surface area (Å²) in [5.74, 6) is -0.640. The van der Waals surface area contributed by atoms with Crippen LogP contribution in [-0.4, -0.2) is 32.0 Å². The van der Waals surface area contributed by atoms with Crippen molar-refractivity contribution in [1.29, 1.82) is 0 Å². The Morgan fingerprint density at radius 1 is 1.09 bits per heavy atom. The van der Waals surface area contributed by atoms with E-state index in [-0.39, 0.29) is 5.91 Å². The van der Waals surface area contributed by atoms with Crippen LogP contribution in [-0.2, 0) is 6.54 Å². The van der Waals surface area contributed by atoms with E-state index >= 15 is 0 Å². The van der Waals surface area contributed by atoms with Crippen LogP contribution in [0.25, 0.3) is 0 Å². The molecule has 1 amide bonds. The van der Waals surface area contributed by atoms with Crippen LogP contribution in [0.15, 0.2) is 46.9 Å². The van der Waals surface area contributed by atoms with Gasteiger partial charge in [0.2, 0.25) is 0 Å². The minimum Gasteiger partial charge on any atom is -0.378 e. The predicted octanol–water partition coefficient (Wildman–Crippen LogP) is 3.93. The summed E-state index contributed by atoms with van der Waals surface area (Å²) >= 11 is 3.29. The van der Waals surface area contributed by atoms with Crippen molar-refractivity contribution in [2.75, 3.05) is 26.0 Å². The van der Waals surface area contributed by atoms with Crippen molar-refractivity contribution in [3.8, 4) is 0 Å². The van der Waals surface area contributed by atoms with Crippen molar-refractivity contribution < 1.29 is 9.18 Å². The predicted molar refractivity (Wildman–Crippen MR) is 90.7 cm³/mol. The third kappa shape index (κ3) is 3.85. The molecule has 0 N–H and O–H groups in total. The third-order valence-corrected chi connectivity index (χ3v) is 4.07. The van der Waals surface area contributed by atoms with Gasteiger partial charge in [-0.3, -0.25) is 4.79 Å². The molecule has 116 valence electrons. The highest BCUT2D eigenvalue weighted by Gasteiger charge is 2.16. The third-order valence-electron chi connectivity index (χ3n) is 3.38. The molecule has 2 aromatic carbocycles. The van der Waals surface area contributed by atoms with Gasteiger partial charge in [-0.2, -0.15) is 0 Å². The molecule has 0 fully saturated rings. The largest absolute Gasteiger partial charge is 0.378 e. The van der Waals surface area contributed by atoms with E-state index in [0.29, 0.717) is 16.6 Å². The van der Waals surface area contributed by atoms with Crippen molar-refractivity contribution in [2.24, 2.45) is 0 Å². The van der Waals surface area contributed by atoms with Crippen molar-refractivity contribution in [2.45, 2.75) is 6.54 Å². The van der Waals surface area contributed by atoms with E-state index in [1.807, 2.05) is 43.3 Å². The van der Waals surface area contributed by atoms with Crippen LogP contribution in [0.1, 0.15) is 15.9 Å². The van der Waals surface area contributed by atoms with Gasteiger partial charge in [0.15, 0.2) is 0 Å². The second-order valence-electron chi connectivity index (χ2n) is 5.35. The van der Waals surface area contributed by atoms with Crippen molar-refractivity contribution in [1.82, 2.24) is 4.90 Å². The Morgan fingerprint density at radius 2 is 1.73 bits per heavy atom. The number of carbonyl (C=O) groups excluding carboxylic acids is 1. The molecule has 0 aliphatic heterocycles. The summed E-state index contributed by atoms with van der Waals surface area (Å²) in [6.45, 7) is 0.468. The summed E-state index contributed by atoms with van der Waals surface area (Å²) in [7, 11) is 5.66. The number of carbonyl (C=O) groups is 1. The molecule has 5 heteroatoms. The van der Waals surface area contributed by atoms with Gasteiger partial charge in [0.05, 0.1) is 5.56 Å². The fourth-order valence-corrected chi connectivity index (χ4v) is 2.53. The zero-order valence-corrected chi connectivity index (χ0v) is 14.4. The topological polar surface area (TPSA) is 23.6 Å². The monoisotopic (exact) mass is 364 g/mol. The highest BCUT2D eigenvalue weighted by Crippen LogP contribution is 2.20. The van der Waals surface area contributed by atoms with Crippen molar-refractivity contribution >= 4 is 27.5 Å². The molecule has 0 saturated carbocycles. The maximum Gasteiger partial charge on any atom is 0.255 e. The number of anilines is 1. The summed E-state index contributed by atoms with van der Waals surface area (Å²) < 4.78 is 13.9. The molecule has 0 aliphatic carbocycles. The fourth-order valence-electron chi connectivity index (χ4n) is 2.11. The Labute approximate surface area is 138 Å². The first-order chi connectivity index (χ1) is 10.4. The van der Waals surface area contributed by atoms with Crippen LogP contribution in [0.4, 0.5) is 10.1 Å². The Hall–Kier alpha value is -1.88. The van der Waals surface area contributed by atoms with E-state index in [1.54, 1.807) is 18.0 Å². The number of benzene rings is 2. The molecule has 22 heavy (non-hydrogen) atoms. The van der Waals surface area contributed by atoms with Crippen LogP contribution < -0.4 is 4.90 Å². The molecule has 2 rings (SSSR count). The lowest BCUT2D eigenvalue weighted by Gasteiger charge is -2.19. The molecule has 0 aliphatic rings.